The first-order chi connectivity index (χ1) is 14.5. The fraction of sp³-hybridized carbons (Fsp3) is 0.391. The predicted molar refractivity (Wildman–Crippen MR) is 114 cm³/mol. The minimum atomic E-state index is -0.226. The van der Waals surface area contributed by atoms with Gasteiger partial charge in [0.2, 0.25) is 17.7 Å². The van der Waals surface area contributed by atoms with E-state index >= 15 is 0 Å². The zero-order chi connectivity index (χ0) is 21.0. The maximum Gasteiger partial charge on any atom is 0.227 e. The van der Waals surface area contributed by atoms with E-state index < -0.39 is 0 Å². The Labute approximate surface area is 181 Å². The highest BCUT2D eigenvalue weighted by molar-refractivity contribution is 6.30. The third-order valence-corrected chi connectivity index (χ3v) is 5.97. The molecule has 1 atom stereocenters. The molecule has 1 aromatic carbocycles. The van der Waals surface area contributed by atoms with E-state index in [1.807, 2.05) is 49.5 Å². The number of halogens is 1. The number of hydrogen-bond donors (Lipinski definition) is 1. The third-order valence-electron chi connectivity index (χ3n) is 5.72. The highest BCUT2D eigenvalue weighted by atomic mass is 35.5. The quantitative estimate of drug-likeness (QED) is 0.584. The second-order valence-corrected chi connectivity index (χ2v) is 8.41. The van der Waals surface area contributed by atoms with Crippen molar-refractivity contribution in [2.45, 2.75) is 56.9 Å². The predicted octanol–water partition coefficient (Wildman–Crippen LogP) is 4.27. The molecule has 7 heteroatoms. The molecule has 0 radical (unpaired) electrons. The number of aryl methyl sites for hydroxylation is 1. The fourth-order valence-corrected chi connectivity index (χ4v) is 4.09. The van der Waals surface area contributed by atoms with E-state index in [0.717, 1.165) is 36.8 Å². The molecule has 0 saturated heterocycles. The highest BCUT2D eigenvalue weighted by Gasteiger charge is 2.45. The number of benzene rings is 1. The maximum atomic E-state index is 12.3. The van der Waals surface area contributed by atoms with Crippen LogP contribution in [0.4, 0.5) is 0 Å². The summed E-state index contributed by atoms with van der Waals surface area (Å²) in [6.45, 7) is 1.99. The van der Waals surface area contributed by atoms with E-state index in [4.69, 9.17) is 16.0 Å². The van der Waals surface area contributed by atoms with Gasteiger partial charge < -0.3 is 9.73 Å². The van der Waals surface area contributed by atoms with E-state index in [1.54, 1.807) is 6.20 Å². The molecule has 0 unspecified atom stereocenters. The van der Waals surface area contributed by atoms with Gasteiger partial charge in [0.25, 0.3) is 0 Å². The number of amides is 1. The minimum absolute atomic E-state index is 0.0257. The second kappa shape index (κ2) is 8.96. The molecule has 0 bridgehead atoms. The molecule has 6 nitrogen and oxygen atoms in total. The van der Waals surface area contributed by atoms with Crippen LogP contribution in [-0.4, -0.2) is 27.1 Å². The van der Waals surface area contributed by atoms with Crippen LogP contribution in [0.15, 0.2) is 53.2 Å². The zero-order valence-corrected chi connectivity index (χ0v) is 17.7. The molecule has 2 heterocycles. The van der Waals surface area contributed by atoms with Crippen LogP contribution in [0.2, 0.25) is 5.02 Å². The normalized spacial score (nSPS) is 15.9. The molecule has 2 aromatic heterocycles. The molecule has 3 aromatic rings. The van der Waals surface area contributed by atoms with Gasteiger partial charge in [0.05, 0.1) is 5.41 Å². The smallest absolute Gasteiger partial charge is 0.227 e. The van der Waals surface area contributed by atoms with E-state index in [1.165, 1.54) is 0 Å². The van der Waals surface area contributed by atoms with E-state index in [0.29, 0.717) is 29.6 Å². The van der Waals surface area contributed by atoms with Crippen LogP contribution < -0.4 is 5.32 Å². The molecular formula is C23H25ClN4O2. The van der Waals surface area contributed by atoms with E-state index in [-0.39, 0.29) is 17.4 Å². The number of hydrogen-bond acceptors (Lipinski definition) is 5. The van der Waals surface area contributed by atoms with Crippen molar-refractivity contribution in [2.24, 2.45) is 0 Å². The van der Waals surface area contributed by atoms with Crippen molar-refractivity contribution in [3.05, 3.63) is 76.7 Å². The Morgan fingerprint density at radius 1 is 1.23 bits per heavy atom. The Bertz CT molecular complexity index is 984. The molecule has 0 aliphatic heterocycles. The van der Waals surface area contributed by atoms with Crippen molar-refractivity contribution in [1.82, 2.24) is 20.5 Å². The molecule has 156 valence electrons. The summed E-state index contributed by atoms with van der Waals surface area (Å²) in [5, 5.41) is 12.2. The van der Waals surface area contributed by atoms with Gasteiger partial charge in [0.1, 0.15) is 0 Å². The van der Waals surface area contributed by atoms with Crippen molar-refractivity contribution < 1.29 is 9.21 Å². The summed E-state index contributed by atoms with van der Waals surface area (Å²) in [4.78, 5) is 16.4. The Kier molecular flexibility index (Phi) is 6.13. The van der Waals surface area contributed by atoms with Crippen LogP contribution in [0.5, 0.6) is 0 Å². The van der Waals surface area contributed by atoms with Gasteiger partial charge in [-0.1, -0.05) is 36.2 Å². The molecule has 1 saturated carbocycles. The molecule has 4 rings (SSSR count). The lowest BCUT2D eigenvalue weighted by molar-refractivity contribution is -0.121. The summed E-state index contributed by atoms with van der Waals surface area (Å²) in [6.07, 6.45) is 8.12. The molecule has 1 aliphatic carbocycles. The lowest BCUT2D eigenvalue weighted by Gasteiger charge is -2.39. The average Bonchev–Trinajstić information content (AvgIpc) is 3.17. The second-order valence-electron chi connectivity index (χ2n) is 7.98. The van der Waals surface area contributed by atoms with Crippen molar-refractivity contribution in [3.8, 4) is 0 Å². The molecule has 1 amide bonds. The molecule has 30 heavy (non-hydrogen) atoms. The lowest BCUT2D eigenvalue weighted by Crippen LogP contribution is -2.35. The van der Waals surface area contributed by atoms with Crippen LogP contribution in [0.25, 0.3) is 0 Å². The van der Waals surface area contributed by atoms with Gasteiger partial charge in [-0.3, -0.25) is 9.78 Å². The highest BCUT2D eigenvalue weighted by Crippen LogP contribution is 2.48. The number of carbonyl (C=O) groups is 1. The number of nitrogens with zero attached hydrogens (tertiary/aromatic N) is 3. The topological polar surface area (TPSA) is 80.9 Å². The Balaban J connectivity index is 1.33. The molecular weight excluding hydrogens is 400 g/mol. The fourth-order valence-electron chi connectivity index (χ4n) is 3.96. The van der Waals surface area contributed by atoms with E-state index in [2.05, 4.69) is 20.5 Å². The Morgan fingerprint density at radius 2 is 2.03 bits per heavy atom. The van der Waals surface area contributed by atoms with Crippen LogP contribution in [0, 0.1) is 0 Å². The van der Waals surface area contributed by atoms with Crippen molar-refractivity contribution in [3.63, 3.8) is 0 Å². The molecule has 0 spiro atoms. The number of rotatable bonds is 8. The number of pyridine rings is 1. The molecule has 1 fully saturated rings. The minimum Gasteiger partial charge on any atom is -0.424 e. The van der Waals surface area contributed by atoms with Gasteiger partial charge >= 0.3 is 0 Å². The summed E-state index contributed by atoms with van der Waals surface area (Å²) in [7, 11) is 0. The number of carbonyl (C=O) groups excluding carboxylic acids is 1. The van der Waals surface area contributed by atoms with Crippen molar-refractivity contribution in [1.29, 1.82) is 0 Å². The van der Waals surface area contributed by atoms with Gasteiger partial charge in [-0.05, 0) is 55.5 Å². The van der Waals surface area contributed by atoms with Gasteiger partial charge in [-0.15, -0.1) is 10.2 Å². The lowest BCUT2D eigenvalue weighted by atomic mass is 9.64. The van der Waals surface area contributed by atoms with Crippen LogP contribution >= 0.6 is 11.6 Å². The van der Waals surface area contributed by atoms with Gasteiger partial charge in [0, 0.05) is 36.3 Å². The average molecular weight is 425 g/mol. The first kappa shape index (κ1) is 20.5. The van der Waals surface area contributed by atoms with E-state index in [9.17, 15) is 4.79 Å². The number of nitrogens with one attached hydrogen (secondary N) is 1. The third kappa shape index (κ3) is 4.54. The van der Waals surface area contributed by atoms with Crippen LogP contribution in [0.3, 0.4) is 0 Å². The van der Waals surface area contributed by atoms with Crippen LogP contribution in [-0.2, 0) is 23.1 Å². The summed E-state index contributed by atoms with van der Waals surface area (Å²) < 4.78 is 5.98. The summed E-state index contributed by atoms with van der Waals surface area (Å²) in [5.41, 5.74) is 2.02. The Morgan fingerprint density at radius 3 is 2.70 bits per heavy atom. The van der Waals surface area contributed by atoms with Gasteiger partial charge in [-0.2, -0.15) is 0 Å². The zero-order valence-electron chi connectivity index (χ0n) is 17.0. The van der Waals surface area contributed by atoms with Gasteiger partial charge in [0.15, 0.2) is 0 Å². The first-order valence-electron chi connectivity index (χ1n) is 10.3. The maximum absolute atomic E-state index is 12.3. The molecule has 1 N–H and O–H groups in total. The molecule has 1 aliphatic rings. The van der Waals surface area contributed by atoms with Crippen molar-refractivity contribution >= 4 is 17.5 Å². The summed E-state index contributed by atoms with van der Waals surface area (Å²) in [5.74, 6) is 1.11. The van der Waals surface area contributed by atoms with Gasteiger partial charge in [-0.25, -0.2) is 0 Å². The SMILES string of the molecule is C[C@H](Cc1cccnc1)NC(=O)CCc1nnc(C2(c3ccc(Cl)cc3)CCC2)o1. The standard InChI is InChI=1S/C23H25ClN4O2/c1-16(14-17-4-2-13-25-15-17)26-20(29)9-10-21-27-28-22(30-21)23(11-3-12-23)18-5-7-19(24)8-6-18/h2,4-8,13,15-16H,3,9-12,14H2,1H3,(H,26,29)/t16-/m1/s1. The Hall–Kier alpha value is -2.73. The summed E-state index contributed by atoms with van der Waals surface area (Å²) in [6, 6.07) is 11.8. The number of aromatic nitrogens is 3. The first-order valence-corrected chi connectivity index (χ1v) is 10.7. The summed E-state index contributed by atoms with van der Waals surface area (Å²) >= 11 is 6.03. The largest absolute Gasteiger partial charge is 0.424 e. The van der Waals surface area contributed by atoms with Crippen molar-refractivity contribution in [2.75, 3.05) is 0 Å². The monoisotopic (exact) mass is 424 g/mol. The van der Waals surface area contributed by atoms with Crippen LogP contribution in [0.1, 0.15) is 55.5 Å².